The lowest BCUT2D eigenvalue weighted by Crippen LogP contribution is -2.24. The molecule has 1 N–H and O–H groups in total. The van der Waals surface area contributed by atoms with Crippen molar-refractivity contribution in [3.05, 3.63) is 50.4 Å². The van der Waals surface area contributed by atoms with Gasteiger partial charge in [0, 0.05) is 15.4 Å². The highest BCUT2D eigenvalue weighted by atomic mass is 35.5. The Labute approximate surface area is 127 Å². The molecule has 0 aliphatic rings. The number of hydrogen-bond acceptors (Lipinski definition) is 3. The summed E-state index contributed by atoms with van der Waals surface area (Å²) in [6.07, 6.45) is 1.83. The lowest BCUT2D eigenvalue weighted by atomic mass is 10.0. The predicted molar refractivity (Wildman–Crippen MR) is 83.3 cm³/mol. The first kappa shape index (κ1) is 14.8. The van der Waals surface area contributed by atoms with Crippen LogP contribution in [-0.2, 0) is 6.42 Å². The van der Waals surface area contributed by atoms with Gasteiger partial charge in [-0.15, -0.1) is 11.3 Å². The predicted octanol–water partition coefficient (Wildman–Crippen LogP) is 4.73. The molecule has 0 bridgehead atoms. The van der Waals surface area contributed by atoms with E-state index in [0.717, 1.165) is 30.6 Å². The summed E-state index contributed by atoms with van der Waals surface area (Å²) in [4.78, 5) is 4.39. The molecule has 2 nitrogen and oxygen atoms in total. The number of hydrogen-bond donors (Lipinski definition) is 1. The minimum atomic E-state index is 0.156. The molecule has 0 aliphatic heterocycles. The highest BCUT2D eigenvalue weighted by Crippen LogP contribution is 2.29. The van der Waals surface area contributed by atoms with Gasteiger partial charge in [0.2, 0.25) is 0 Å². The molecule has 0 radical (unpaired) electrons. The van der Waals surface area contributed by atoms with E-state index in [0.29, 0.717) is 10.0 Å². The zero-order valence-corrected chi connectivity index (χ0v) is 13.0. The fourth-order valence-electron chi connectivity index (χ4n) is 1.93. The van der Waals surface area contributed by atoms with Crippen molar-refractivity contribution in [2.75, 3.05) is 6.54 Å². The summed E-state index contributed by atoms with van der Waals surface area (Å²) in [5, 5.41) is 7.00. The first-order chi connectivity index (χ1) is 9.22. The molecule has 1 unspecified atom stereocenters. The van der Waals surface area contributed by atoms with Crippen LogP contribution in [-0.4, -0.2) is 11.5 Å². The molecular weight excluding hydrogens is 299 g/mol. The van der Waals surface area contributed by atoms with Gasteiger partial charge in [-0.05, 0) is 37.1 Å². The van der Waals surface area contributed by atoms with Crippen molar-refractivity contribution in [2.45, 2.75) is 25.8 Å². The van der Waals surface area contributed by atoms with Gasteiger partial charge < -0.3 is 5.32 Å². The van der Waals surface area contributed by atoms with Crippen LogP contribution in [0.5, 0.6) is 0 Å². The van der Waals surface area contributed by atoms with E-state index in [2.05, 4.69) is 22.6 Å². The van der Waals surface area contributed by atoms with Crippen LogP contribution in [0, 0.1) is 0 Å². The lowest BCUT2D eigenvalue weighted by Gasteiger charge is -2.18. The van der Waals surface area contributed by atoms with Crippen LogP contribution >= 0.6 is 34.5 Å². The van der Waals surface area contributed by atoms with Crippen LogP contribution in [0.25, 0.3) is 0 Å². The van der Waals surface area contributed by atoms with Crippen LogP contribution in [0.2, 0.25) is 10.0 Å². The quantitative estimate of drug-likeness (QED) is 0.833. The van der Waals surface area contributed by atoms with Crippen molar-refractivity contribution in [2.24, 2.45) is 0 Å². The van der Waals surface area contributed by atoms with Crippen molar-refractivity contribution >= 4 is 34.5 Å². The number of aromatic nitrogens is 1. The van der Waals surface area contributed by atoms with E-state index in [1.807, 2.05) is 23.7 Å². The molecule has 2 rings (SSSR count). The van der Waals surface area contributed by atoms with Gasteiger partial charge in [0.25, 0.3) is 0 Å². The maximum Gasteiger partial charge on any atom is 0.0795 e. The molecule has 1 aromatic heterocycles. The van der Waals surface area contributed by atoms with Gasteiger partial charge in [0.05, 0.1) is 17.2 Å². The Kier molecular flexibility index (Phi) is 5.64. The van der Waals surface area contributed by atoms with E-state index in [-0.39, 0.29) is 6.04 Å². The first-order valence-electron chi connectivity index (χ1n) is 6.26. The summed E-state index contributed by atoms with van der Waals surface area (Å²) in [7, 11) is 0. The van der Waals surface area contributed by atoms with E-state index in [9.17, 15) is 0 Å². The fraction of sp³-hybridized carbons (Fsp3) is 0.357. The van der Waals surface area contributed by atoms with Crippen LogP contribution in [0.3, 0.4) is 0 Å². The van der Waals surface area contributed by atoms with Gasteiger partial charge in [-0.1, -0.05) is 36.2 Å². The fourth-order valence-corrected chi connectivity index (χ4v) is 3.09. The maximum atomic E-state index is 6.24. The van der Waals surface area contributed by atoms with Crippen molar-refractivity contribution in [1.29, 1.82) is 0 Å². The minimum Gasteiger partial charge on any atom is -0.308 e. The highest BCUT2D eigenvalue weighted by Gasteiger charge is 2.17. The SMILES string of the molecule is CCCNC(Cc1c(Cl)cccc1Cl)c1cscn1. The van der Waals surface area contributed by atoms with E-state index in [4.69, 9.17) is 23.2 Å². The molecule has 102 valence electrons. The van der Waals surface area contributed by atoms with Crippen LogP contribution < -0.4 is 5.32 Å². The number of nitrogens with zero attached hydrogens (tertiary/aromatic N) is 1. The third-order valence-electron chi connectivity index (χ3n) is 2.92. The van der Waals surface area contributed by atoms with Gasteiger partial charge in [0.15, 0.2) is 0 Å². The highest BCUT2D eigenvalue weighted by molar-refractivity contribution is 7.07. The number of rotatable bonds is 6. The third kappa shape index (κ3) is 3.93. The third-order valence-corrected chi connectivity index (χ3v) is 4.23. The molecule has 2 aromatic rings. The first-order valence-corrected chi connectivity index (χ1v) is 7.96. The Morgan fingerprint density at radius 2 is 2.05 bits per heavy atom. The van der Waals surface area contributed by atoms with Crippen molar-refractivity contribution < 1.29 is 0 Å². The van der Waals surface area contributed by atoms with E-state index < -0.39 is 0 Å². The van der Waals surface area contributed by atoms with Gasteiger partial charge in [-0.2, -0.15) is 0 Å². The Morgan fingerprint density at radius 1 is 1.32 bits per heavy atom. The second kappa shape index (κ2) is 7.25. The Bertz CT molecular complexity index is 494. The van der Waals surface area contributed by atoms with Crippen molar-refractivity contribution in [3.63, 3.8) is 0 Å². The van der Waals surface area contributed by atoms with Gasteiger partial charge in [-0.25, -0.2) is 4.98 Å². The molecule has 0 saturated heterocycles. The molecule has 0 amide bonds. The zero-order chi connectivity index (χ0) is 13.7. The number of nitrogens with one attached hydrogen (secondary N) is 1. The summed E-state index contributed by atoms with van der Waals surface area (Å²) < 4.78 is 0. The van der Waals surface area contributed by atoms with Crippen LogP contribution in [0.15, 0.2) is 29.1 Å². The van der Waals surface area contributed by atoms with Crippen LogP contribution in [0.1, 0.15) is 30.6 Å². The topological polar surface area (TPSA) is 24.9 Å². The maximum absolute atomic E-state index is 6.24. The average Bonchev–Trinajstić information content (AvgIpc) is 2.91. The summed E-state index contributed by atoms with van der Waals surface area (Å²) in [6, 6.07) is 5.77. The minimum absolute atomic E-state index is 0.156. The average molecular weight is 315 g/mol. The lowest BCUT2D eigenvalue weighted by molar-refractivity contribution is 0.520. The normalized spacial score (nSPS) is 12.6. The van der Waals surface area contributed by atoms with Gasteiger partial charge >= 0.3 is 0 Å². The standard InChI is InChI=1S/C14H16Cl2N2S/c1-2-6-17-13(14-8-19-9-18-14)7-10-11(15)4-3-5-12(10)16/h3-5,8-9,13,17H,2,6-7H2,1H3. The molecule has 19 heavy (non-hydrogen) atoms. The Balaban J connectivity index is 2.20. The molecule has 1 aromatic carbocycles. The molecule has 0 saturated carbocycles. The molecule has 5 heteroatoms. The van der Waals surface area contributed by atoms with Gasteiger partial charge in [0.1, 0.15) is 0 Å². The van der Waals surface area contributed by atoms with Crippen LogP contribution in [0.4, 0.5) is 0 Å². The summed E-state index contributed by atoms with van der Waals surface area (Å²) in [6.45, 7) is 3.10. The van der Waals surface area contributed by atoms with Crippen molar-refractivity contribution in [1.82, 2.24) is 10.3 Å². The second-order valence-corrected chi connectivity index (χ2v) is 5.86. The number of halogens is 2. The molecule has 0 aliphatic carbocycles. The molecule has 0 spiro atoms. The number of thiazole rings is 1. The molecule has 1 atom stereocenters. The zero-order valence-electron chi connectivity index (χ0n) is 10.7. The van der Waals surface area contributed by atoms with Gasteiger partial charge in [-0.3, -0.25) is 0 Å². The van der Waals surface area contributed by atoms with E-state index in [1.165, 1.54) is 0 Å². The molecule has 1 heterocycles. The summed E-state index contributed by atoms with van der Waals surface area (Å²) in [5.41, 5.74) is 3.88. The largest absolute Gasteiger partial charge is 0.308 e. The monoisotopic (exact) mass is 314 g/mol. The summed E-state index contributed by atoms with van der Waals surface area (Å²) >= 11 is 14.1. The smallest absolute Gasteiger partial charge is 0.0795 e. The summed E-state index contributed by atoms with van der Waals surface area (Å²) in [5.74, 6) is 0. The molecular formula is C14H16Cl2N2S. The van der Waals surface area contributed by atoms with E-state index >= 15 is 0 Å². The van der Waals surface area contributed by atoms with E-state index in [1.54, 1.807) is 11.3 Å². The number of benzene rings is 1. The van der Waals surface area contributed by atoms with Crippen molar-refractivity contribution in [3.8, 4) is 0 Å². The second-order valence-electron chi connectivity index (χ2n) is 4.32. The Morgan fingerprint density at radius 3 is 2.63 bits per heavy atom. The Hall–Kier alpha value is -0.610. The molecule has 0 fully saturated rings.